The molecule has 0 unspecified atom stereocenters. The highest BCUT2D eigenvalue weighted by Crippen LogP contribution is 2.46. The van der Waals surface area contributed by atoms with Crippen molar-refractivity contribution in [2.45, 2.75) is 37.9 Å². The molecular weight excluding hydrogens is 537 g/mol. The van der Waals surface area contributed by atoms with Crippen molar-refractivity contribution in [2.24, 2.45) is 0 Å². The number of hydrogen-bond acceptors (Lipinski definition) is 5. The molecule has 2 aliphatic rings. The van der Waals surface area contributed by atoms with E-state index in [2.05, 4.69) is 5.16 Å². The number of carboxylic acid groups (broad SMARTS) is 1. The van der Waals surface area contributed by atoms with Crippen molar-refractivity contribution in [2.75, 3.05) is 0 Å². The van der Waals surface area contributed by atoms with Gasteiger partial charge in [0.05, 0.1) is 26.2 Å². The lowest BCUT2D eigenvalue weighted by molar-refractivity contribution is 0.0696. The third kappa shape index (κ3) is 4.65. The van der Waals surface area contributed by atoms with Gasteiger partial charge in [-0.05, 0) is 60.9 Å². The summed E-state index contributed by atoms with van der Waals surface area (Å²) in [5, 5.41) is 15.0. The van der Waals surface area contributed by atoms with Gasteiger partial charge in [-0.1, -0.05) is 52.1 Å². The first-order valence-electron chi connectivity index (χ1n) is 11.8. The molecule has 1 N–H and O–H groups in total. The van der Waals surface area contributed by atoms with E-state index in [4.69, 9.17) is 48.8 Å². The number of halogens is 3. The largest absolute Gasteiger partial charge is 0.489 e. The molecule has 1 aliphatic heterocycles. The first kappa shape index (κ1) is 24.2. The number of benzene rings is 3. The van der Waals surface area contributed by atoms with E-state index in [9.17, 15) is 9.90 Å². The van der Waals surface area contributed by atoms with Crippen LogP contribution in [0, 0.1) is 0 Å². The third-order valence-corrected chi connectivity index (χ3v) is 7.61. The van der Waals surface area contributed by atoms with Crippen LogP contribution in [-0.2, 0) is 13.0 Å². The lowest BCUT2D eigenvalue weighted by atomic mass is 10.0. The second kappa shape index (κ2) is 9.60. The van der Waals surface area contributed by atoms with Crippen molar-refractivity contribution in [3.8, 4) is 22.8 Å². The molecule has 6 nitrogen and oxygen atoms in total. The zero-order valence-corrected chi connectivity index (χ0v) is 21.6. The topological polar surface area (TPSA) is 81.8 Å². The summed E-state index contributed by atoms with van der Waals surface area (Å²) in [6.07, 6.45) is 2.30. The Kier molecular flexibility index (Phi) is 6.27. The van der Waals surface area contributed by atoms with Gasteiger partial charge in [0, 0.05) is 23.5 Å². The number of carbonyl (C=O) groups is 1. The third-order valence-electron chi connectivity index (χ3n) is 6.65. The fraction of sp³-hybridized carbons (Fsp3) is 0.214. The van der Waals surface area contributed by atoms with Crippen LogP contribution in [0.25, 0.3) is 11.3 Å². The van der Waals surface area contributed by atoms with Crippen LogP contribution < -0.4 is 9.47 Å². The Balaban J connectivity index is 1.22. The van der Waals surface area contributed by atoms with Crippen molar-refractivity contribution in [3.05, 3.63) is 97.7 Å². The fourth-order valence-electron chi connectivity index (χ4n) is 4.62. The fourth-order valence-corrected chi connectivity index (χ4v) is 5.49. The number of hydrogen-bond donors (Lipinski definition) is 1. The Morgan fingerprint density at radius 3 is 2.51 bits per heavy atom. The molecule has 0 saturated heterocycles. The van der Waals surface area contributed by atoms with Gasteiger partial charge < -0.3 is 19.1 Å². The van der Waals surface area contributed by atoms with Gasteiger partial charge in [0.25, 0.3) is 0 Å². The van der Waals surface area contributed by atoms with Gasteiger partial charge in [-0.25, -0.2) is 4.79 Å². The summed E-state index contributed by atoms with van der Waals surface area (Å²) in [6.45, 7) is 0.214. The second-order valence-electron chi connectivity index (χ2n) is 9.16. The van der Waals surface area contributed by atoms with Gasteiger partial charge in [-0.15, -0.1) is 0 Å². The molecule has 1 aromatic heterocycles. The smallest absolute Gasteiger partial charge is 0.335 e. The van der Waals surface area contributed by atoms with E-state index in [1.807, 2.05) is 12.1 Å². The summed E-state index contributed by atoms with van der Waals surface area (Å²) < 4.78 is 17.9. The number of aromatic nitrogens is 1. The second-order valence-corrected chi connectivity index (χ2v) is 10.4. The normalized spacial score (nSPS) is 16.4. The molecule has 9 heteroatoms. The average Bonchev–Trinajstić information content (AvgIpc) is 3.49. The number of aromatic carboxylic acids is 1. The van der Waals surface area contributed by atoms with Gasteiger partial charge in [0.1, 0.15) is 35.7 Å². The Labute approximate surface area is 227 Å². The van der Waals surface area contributed by atoms with Crippen LogP contribution in [0.3, 0.4) is 0 Å². The quantitative estimate of drug-likeness (QED) is 0.247. The number of nitrogens with zero attached hydrogens (tertiary/aromatic N) is 1. The molecule has 1 saturated carbocycles. The maximum Gasteiger partial charge on any atom is 0.335 e. The molecule has 0 spiro atoms. The zero-order valence-electron chi connectivity index (χ0n) is 19.3. The highest BCUT2D eigenvalue weighted by molar-refractivity contribution is 6.39. The highest BCUT2D eigenvalue weighted by Gasteiger charge is 2.34. The summed E-state index contributed by atoms with van der Waals surface area (Å²) in [4.78, 5) is 11.3. The maximum atomic E-state index is 11.3. The van der Waals surface area contributed by atoms with Crippen LogP contribution in [0.4, 0.5) is 0 Å². The van der Waals surface area contributed by atoms with E-state index in [1.165, 1.54) is 6.07 Å². The van der Waals surface area contributed by atoms with E-state index in [-0.39, 0.29) is 18.3 Å². The molecule has 3 aromatic carbocycles. The minimum atomic E-state index is -0.969. The maximum absolute atomic E-state index is 11.3. The van der Waals surface area contributed by atoms with Crippen LogP contribution in [-0.4, -0.2) is 16.2 Å². The van der Waals surface area contributed by atoms with Crippen LogP contribution in [0.2, 0.25) is 15.1 Å². The van der Waals surface area contributed by atoms with Gasteiger partial charge in [-0.3, -0.25) is 0 Å². The average molecular weight is 557 g/mol. The van der Waals surface area contributed by atoms with Gasteiger partial charge in [0.2, 0.25) is 0 Å². The summed E-state index contributed by atoms with van der Waals surface area (Å²) >= 11 is 19.5. The van der Waals surface area contributed by atoms with Crippen molar-refractivity contribution in [1.82, 2.24) is 5.16 Å². The summed E-state index contributed by atoms with van der Waals surface area (Å²) in [5.41, 5.74) is 3.90. The van der Waals surface area contributed by atoms with Crippen molar-refractivity contribution >= 4 is 40.8 Å². The van der Waals surface area contributed by atoms with Crippen LogP contribution in [0.15, 0.2) is 59.1 Å². The monoisotopic (exact) mass is 555 g/mol. The first-order valence-corrected chi connectivity index (χ1v) is 12.9. The lowest BCUT2D eigenvalue weighted by Gasteiger charge is -2.15. The minimum absolute atomic E-state index is 0.214. The summed E-state index contributed by atoms with van der Waals surface area (Å²) in [7, 11) is 0. The van der Waals surface area contributed by atoms with Crippen LogP contribution >= 0.6 is 34.8 Å². The molecule has 1 aliphatic carbocycles. The van der Waals surface area contributed by atoms with Gasteiger partial charge in [-0.2, -0.15) is 0 Å². The molecule has 0 bridgehead atoms. The van der Waals surface area contributed by atoms with E-state index < -0.39 is 5.97 Å². The summed E-state index contributed by atoms with van der Waals surface area (Å²) in [5.74, 6) is 1.39. The standard InChI is InChI=1S/C28H20Cl3NO5/c29-20-2-1-3-21(30)25(20)26-19(27(37-32-26)14-4-5-14)13-35-17-7-8-18(22(31)12-17)24-11-16-10-15(28(33)34)6-9-23(16)36-24/h1-3,6-10,12,14,24H,4-5,11,13H2,(H,33,34)/t24-/m0/s1. The van der Waals surface area contributed by atoms with E-state index in [1.54, 1.807) is 36.4 Å². The Morgan fingerprint density at radius 2 is 1.81 bits per heavy atom. The van der Waals surface area contributed by atoms with Crippen molar-refractivity contribution < 1.29 is 23.9 Å². The Hall–Kier alpha value is -3.19. The molecule has 4 aromatic rings. The predicted octanol–water partition coefficient (Wildman–Crippen LogP) is 8.13. The van der Waals surface area contributed by atoms with Crippen LogP contribution in [0.5, 0.6) is 11.5 Å². The molecule has 1 atom stereocenters. The van der Waals surface area contributed by atoms with E-state index >= 15 is 0 Å². The number of fused-ring (bicyclic) bond motifs is 1. The van der Waals surface area contributed by atoms with Gasteiger partial charge in [0.15, 0.2) is 0 Å². The predicted molar refractivity (Wildman–Crippen MR) is 140 cm³/mol. The number of carboxylic acids is 1. The lowest BCUT2D eigenvalue weighted by Crippen LogP contribution is -2.05. The Morgan fingerprint density at radius 1 is 1.03 bits per heavy atom. The zero-order chi connectivity index (χ0) is 25.7. The molecule has 0 radical (unpaired) electrons. The minimum Gasteiger partial charge on any atom is -0.489 e. The molecular formula is C28H20Cl3NO5. The SMILES string of the molecule is O=C(O)c1ccc2c(c1)C[C@@H](c1ccc(OCc3c(-c4c(Cl)cccc4Cl)noc3C3CC3)cc1Cl)O2. The van der Waals surface area contributed by atoms with Crippen molar-refractivity contribution in [1.29, 1.82) is 0 Å². The van der Waals surface area contributed by atoms with Crippen LogP contribution in [0.1, 0.15) is 57.7 Å². The van der Waals surface area contributed by atoms with E-state index in [0.29, 0.717) is 50.2 Å². The molecule has 0 amide bonds. The highest BCUT2D eigenvalue weighted by atomic mass is 35.5. The molecule has 2 heterocycles. The molecule has 1 fully saturated rings. The van der Waals surface area contributed by atoms with Crippen molar-refractivity contribution in [3.63, 3.8) is 0 Å². The number of ether oxygens (including phenoxy) is 2. The first-order chi connectivity index (χ1) is 17.9. The summed E-state index contributed by atoms with van der Waals surface area (Å²) in [6, 6.07) is 15.6. The molecule has 6 rings (SSSR count). The number of rotatable bonds is 7. The molecule has 188 valence electrons. The van der Waals surface area contributed by atoms with E-state index in [0.717, 1.165) is 35.3 Å². The van der Waals surface area contributed by atoms with Gasteiger partial charge >= 0.3 is 5.97 Å². The Bertz CT molecular complexity index is 1510. The molecule has 37 heavy (non-hydrogen) atoms.